The molecule has 0 saturated carbocycles. The van der Waals surface area contributed by atoms with Crippen molar-refractivity contribution in [1.82, 2.24) is 4.31 Å². The van der Waals surface area contributed by atoms with Crippen molar-refractivity contribution in [2.75, 3.05) is 20.2 Å². The zero-order valence-electron chi connectivity index (χ0n) is 15.1. The van der Waals surface area contributed by atoms with E-state index in [9.17, 15) is 12.8 Å². The number of hydrogen-bond donors (Lipinski definition) is 0. The predicted octanol–water partition coefficient (Wildman–Crippen LogP) is 3.92. The lowest BCUT2D eigenvalue weighted by atomic mass is 9.88. The van der Waals surface area contributed by atoms with Gasteiger partial charge >= 0.3 is 0 Å². The fraction of sp³-hybridized carbons (Fsp3) is 0.400. The highest BCUT2D eigenvalue weighted by Gasteiger charge is 2.33. The van der Waals surface area contributed by atoms with Gasteiger partial charge in [0.15, 0.2) is 0 Å². The smallest absolute Gasteiger partial charge is 0.243 e. The van der Waals surface area contributed by atoms with Gasteiger partial charge in [0.1, 0.15) is 5.82 Å². The number of benzene rings is 2. The van der Waals surface area contributed by atoms with Crippen molar-refractivity contribution in [3.63, 3.8) is 0 Å². The Bertz CT molecular complexity index is 847. The van der Waals surface area contributed by atoms with Gasteiger partial charge in [0.05, 0.1) is 11.0 Å². The topological polar surface area (TPSA) is 46.6 Å². The van der Waals surface area contributed by atoms with Crippen LogP contribution in [0.3, 0.4) is 0 Å². The maximum Gasteiger partial charge on any atom is 0.243 e. The van der Waals surface area contributed by atoms with Crippen LogP contribution >= 0.6 is 0 Å². The first kappa shape index (κ1) is 19.0. The van der Waals surface area contributed by atoms with Gasteiger partial charge in [-0.3, -0.25) is 0 Å². The Morgan fingerprint density at radius 2 is 1.77 bits per heavy atom. The molecule has 1 aliphatic rings. The first-order valence-electron chi connectivity index (χ1n) is 8.77. The van der Waals surface area contributed by atoms with Crippen LogP contribution in [0.5, 0.6) is 0 Å². The first-order valence-corrected chi connectivity index (χ1v) is 10.2. The zero-order valence-corrected chi connectivity index (χ0v) is 15.9. The van der Waals surface area contributed by atoms with E-state index in [1.54, 1.807) is 14.0 Å². The zero-order chi connectivity index (χ0) is 18.7. The van der Waals surface area contributed by atoms with E-state index >= 15 is 0 Å². The molecule has 0 amide bonds. The quantitative estimate of drug-likeness (QED) is 0.793. The minimum atomic E-state index is -3.60. The summed E-state index contributed by atoms with van der Waals surface area (Å²) in [4.78, 5) is 0.184. The van der Waals surface area contributed by atoms with E-state index in [2.05, 4.69) is 0 Å². The molecule has 4 nitrogen and oxygen atoms in total. The Morgan fingerprint density at radius 1 is 1.12 bits per heavy atom. The number of halogens is 1. The van der Waals surface area contributed by atoms with E-state index in [0.717, 1.165) is 18.4 Å². The van der Waals surface area contributed by atoms with E-state index in [-0.39, 0.29) is 16.9 Å². The third-order valence-corrected chi connectivity index (χ3v) is 7.12. The summed E-state index contributed by atoms with van der Waals surface area (Å²) in [6.07, 6.45) is 1.42. The predicted molar refractivity (Wildman–Crippen MR) is 98.8 cm³/mol. The van der Waals surface area contributed by atoms with Gasteiger partial charge in [0.25, 0.3) is 0 Å². The molecule has 0 aromatic heterocycles. The molecule has 2 aromatic carbocycles. The van der Waals surface area contributed by atoms with Crippen molar-refractivity contribution in [3.05, 3.63) is 65.5 Å². The number of hydrogen-bond acceptors (Lipinski definition) is 3. The van der Waals surface area contributed by atoms with Gasteiger partial charge in [0, 0.05) is 20.2 Å². The summed E-state index contributed by atoms with van der Waals surface area (Å²) in [6.45, 7) is 2.51. The molecular weight excluding hydrogens is 353 g/mol. The van der Waals surface area contributed by atoms with Gasteiger partial charge in [-0.1, -0.05) is 30.3 Å². The third-order valence-electron chi connectivity index (χ3n) is 5.06. The van der Waals surface area contributed by atoms with E-state index in [1.165, 1.54) is 22.5 Å². The summed E-state index contributed by atoms with van der Waals surface area (Å²) in [5.41, 5.74) is 1.55. The van der Waals surface area contributed by atoms with Gasteiger partial charge in [-0.2, -0.15) is 4.31 Å². The molecule has 0 radical (unpaired) electrons. The molecule has 1 saturated heterocycles. The van der Waals surface area contributed by atoms with E-state index in [0.29, 0.717) is 18.7 Å². The molecule has 2 aromatic rings. The highest BCUT2D eigenvalue weighted by molar-refractivity contribution is 7.89. The van der Waals surface area contributed by atoms with Crippen molar-refractivity contribution >= 4 is 10.0 Å². The molecule has 0 aliphatic carbocycles. The van der Waals surface area contributed by atoms with Crippen LogP contribution in [0.25, 0.3) is 0 Å². The summed E-state index contributed by atoms with van der Waals surface area (Å²) >= 11 is 0. The number of sulfonamides is 1. The molecule has 140 valence electrons. The van der Waals surface area contributed by atoms with Gasteiger partial charge in [-0.05, 0) is 55.0 Å². The van der Waals surface area contributed by atoms with Crippen LogP contribution in [0, 0.1) is 18.7 Å². The van der Waals surface area contributed by atoms with E-state index in [4.69, 9.17) is 4.74 Å². The maximum atomic E-state index is 13.3. The number of rotatable bonds is 5. The summed E-state index contributed by atoms with van der Waals surface area (Å²) in [5, 5.41) is 0. The molecule has 1 aliphatic heterocycles. The summed E-state index contributed by atoms with van der Waals surface area (Å²) in [5.74, 6) is -0.158. The lowest BCUT2D eigenvalue weighted by molar-refractivity contribution is 0.0303. The van der Waals surface area contributed by atoms with Gasteiger partial charge in [-0.15, -0.1) is 0 Å². The van der Waals surface area contributed by atoms with Crippen molar-refractivity contribution in [2.24, 2.45) is 5.92 Å². The van der Waals surface area contributed by atoms with Crippen LogP contribution in [-0.2, 0) is 14.8 Å². The van der Waals surface area contributed by atoms with E-state index in [1.807, 2.05) is 30.3 Å². The van der Waals surface area contributed by atoms with Crippen molar-refractivity contribution < 1.29 is 17.5 Å². The number of ether oxygens (including phenoxy) is 1. The van der Waals surface area contributed by atoms with Crippen LogP contribution < -0.4 is 0 Å². The second-order valence-electron chi connectivity index (χ2n) is 6.72. The Kier molecular flexibility index (Phi) is 5.75. The molecule has 0 N–H and O–H groups in total. The van der Waals surface area contributed by atoms with Gasteiger partial charge in [0.2, 0.25) is 10.0 Å². The highest BCUT2D eigenvalue weighted by atomic mass is 32.2. The monoisotopic (exact) mass is 377 g/mol. The summed E-state index contributed by atoms with van der Waals surface area (Å²) in [6, 6.07) is 13.8. The molecule has 0 bridgehead atoms. The van der Waals surface area contributed by atoms with Crippen LogP contribution in [0.1, 0.15) is 30.1 Å². The van der Waals surface area contributed by atoms with Crippen LogP contribution in [0.15, 0.2) is 53.4 Å². The minimum absolute atomic E-state index is 0.0337. The van der Waals surface area contributed by atoms with Crippen molar-refractivity contribution in [1.29, 1.82) is 0 Å². The molecule has 1 heterocycles. The molecule has 26 heavy (non-hydrogen) atoms. The second kappa shape index (κ2) is 7.86. The van der Waals surface area contributed by atoms with Crippen molar-refractivity contribution in [2.45, 2.75) is 30.8 Å². The van der Waals surface area contributed by atoms with Gasteiger partial charge in [-0.25, -0.2) is 12.8 Å². The highest BCUT2D eigenvalue weighted by Crippen LogP contribution is 2.35. The molecule has 1 fully saturated rings. The molecule has 1 unspecified atom stereocenters. The third kappa shape index (κ3) is 3.82. The summed E-state index contributed by atoms with van der Waals surface area (Å²) < 4.78 is 46.3. The second-order valence-corrected chi connectivity index (χ2v) is 8.62. The Labute approximate surface area is 154 Å². The Morgan fingerprint density at radius 3 is 2.35 bits per heavy atom. The van der Waals surface area contributed by atoms with Crippen LogP contribution in [-0.4, -0.2) is 32.9 Å². The largest absolute Gasteiger partial charge is 0.376 e. The first-order chi connectivity index (χ1) is 12.4. The normalized spacial score (nSPS) is 18.0. The maximum absolute atomic E-state index is 13.3. The number of aryl methyl sites for hydroxylation is 1. The Balaban J connectivity index is 1.73. The standard InChI is InChI=1S/C20H24FNO3S/c1-15-14-18(21)8-9-19(15)26(23,24)22-12-10-17(11-13-22)20(25-2)16-6-4-3-5-7-16/h3-9,14,17,20H,10-13H2,1-2H3. The molecule has 0 spiro atoms. The molecule has 1 atom stereocenters. The lowest BCUT2D eigenvalue weighted by Gasteiger charge is -2.35. The minimum Gasteiger partial charge on any atom is -0.376 e. The van der Waals surface area contributed by atoms with Gasteiger partial charge < -0.3 is 4.74 Å². The van der Waals surface area contributed by atoms with E-state index < -0.39 is 15.8 Å². The van der Waals surface area contributed by atoms with Crippen LogP contribution in [0.4, 0.5) is 4.39 Å². The number of nitrogens with zero attached hydrogens (tertiary/aromatic N) is 1. The fourth-order valence-corrected chi connectivity index (χ4v) is 5.38. The SMILES string of the molecule is COC(c1ccccc1)C1CCN(S(=O)(=O)c2ccc(F)cc2C)CC1. The number of methoxy groups -OCH3 is 1. The van der Waals surface area contributed by atoms with Crippen LogP contribution in [0.2, 0.25) is 0 Å². The van der Waals surface area contributed by atoms with Crippen molar-refractivity contribution in [3.8, 4) is 0 Å². The Hall–Kier alpha value is -1.76. The molecule has 3 rings (SSSR count). The lowest BCUT2D eigenvalue weighted by Crippen LogP contribution is -2.40. The molecular formula is C20H24FNO3S. The molecule has 6 heteroatoms. The fourth-order valence-electron chi connectivity index (χ4n) is 3.70. The summed E-state index contributed by atoms with van der Waals surface area (Å²) in [7, 11) is -1.91. The number of piperidine rings is 1. The average Bonchev–Trinajstić information content (AvgIpc) is 2.63. The average molecular weight is 377 g/mol.